The standard InChI is InChI=1S/C7H3BrF3N3O/c8-5-4-2(6(15)14-13-4)1-3(12-5)7(9,10)11/h1H,(H2,13,14,15). The maximum absolute atomic E-state index is 12.3. The Labute approximate surface area is 88.6 Å². The number of hydrogen-bond donors (Lipinski definition) is 2. The van der Waals surface area contributed by atoms with E-state index in [-0.39, 0.29) is 15.5 Å². The highest BCUT2D eigenvalue weighted by atomic mass is 79.9. The van der Waals surface area contributed by atoms with Crippen LogP contribution in [0.4, 0.5) is 13.2 Å². The van der Waals surface area contributed by atoms with Gasteiger partial charge in [-0.05, 0) is 22.0 Å². The Hall–Kier alpha value is -1.31. The molecule has 0 fully saturated rings. The minimum Gasteiger partial charge on any atom is -0.295 e. The Bertz CT molecular complexity index is 571. The summed E-state index contributed by atoms with van der Waals surface area (Å²) >= 11 is 2.85. The molecule has 0 unspecified atom stereocenters. The lowest BCUT2D eigenvalue weighted by Gasteiger charge is -2.05. The van der Waals surface area contributed by atoms with E-state index in [4.69, 9.17) is 0 Å². The number of pyridine rings is 1. The van der Waals surface area contributed by atoms with Crippen molar-refractivity contribution in [1.29, 1.82) is 0 Å². The predicted molar refractivity (Wildman–Crippen MR) is 49.4 cm³/mol. The molecule has 2 heterocycles. The zero-order valence-electron chi connectivity index (χ0n) is 6.94. The Morgan fingerprint density at radius 3 is 2.60 bits per heavy atom. The molecular weight excluding hydrogens is 279 g/mol. The van der Waals surface area contributed by atoms with Crippen LogP contribution in [-0.2, 0) is 6.18 Å². The van der Waals surface area contributed by atoms with Gasteiger partial charge >= 0.3 is 6.18 Å². The quantitative estimate of drug-likeness (QED) is 0.726. The maximum atomic E-state index is 12.3. The molecule has 4 nitrogen and oxygen atoms in total. The molecule has 0 aliphatic rings. The summed E-state index contributed by atoms with van der Waals surface area (Å²) in [6.07, 6.45) is -4.57. The van der Waals surface area contributed by atoms with Gasteiger partial charge in [0.2, 0.25) is 0 Å². The van der Waals surface area contributed by atoms with E-state index in [1.165, 1.54) is 0 Å². The number of H-pyrrole nitrogens is 2. The van der Waals surface area contributed by atoms with Crippen LogP contribution in [0.3, 0.4) is 0 Å². The fourth-order valence-electron chi connectivity index (χ4n) is 1.14. The molecule has 2 aromatic heterocycles. The molecule has 15 heavy (non-hydrogen) atoms. The summed E-state index contributed by atoms with van der Waals surface area (Å²) < 4.78 is 36.9. The van der Waals surface area contributed by atoms with Gasteiger partial charge in [-0.3, -0.25) is 15.0 Å². The van der Waals surface area contributed by atoms with E-state index in [2.05, 4.69) is 31.1 Å². The van der Waals surface area contributed by atoms with E-state index < -0.39 is 17.4 Å². The highest BCUT2D eigenvalue weighted by molar-refractivity contribution is 9.10. The van der Waals surface area contributed by atoms with Crippen LogP contribution in [0.1, 0.15) is 5.69 Å². The lowest BCUT2D eigenvalue weighted by Crippen LogP contribution is -2.09. The second-order valence-corrected chi connectivity index (χ2v) is 3.55. The van der Waals surface area contributed by atoms with Crippen molar-refractivity contribution in [2.24, 2.45) is 0 Å². The van der Waals surface area contributed by atoms with E-state index >= 15 is 0 Å². The minimum absolute atomic E-state index is 0.0503. The number of aromatic amines is 2. The first kappa shape index (κ1) is 10.2. The number of fused-ring (bicyclic) bond motifs is 1. The Balaban J connectivity index is 2.82. The van der Waals surface area contributed by atoms with Crippen LogP contribution in [0.25, 0.3) is 10.9 Å². The van der Waals surface area contributed by atoms with Crippen LogP contribution in [-0.4, -0.2) is 15.2 Å². The average Bonchev–Trinajstić information content (AvgIpc) is 2.47. The fraction of sp³-hybridized carbons (Fsp3) is 0.143. The number of nitrogens with one attached hydrogen (secondary N) is 2. The summed E-state index contributed by atoms with van der Waals surface area (Å²) in [4.78, 5) is 14.4. The molecule has 8 heteroatoms. The molecule has 2 rings (SSSR count). The summed E-state index contributed by atoms with van der Waals surface area (Å²) in [5, 5.41) is 4.52. The number of nitrogens with zero attached hydrogens (tertiary/aromatic N) is 1. The van der Waals surface area contributed by atoms with Crippen molar-refractivity contribution in [3.05, 3.63) is 26.7 Å². The molecule has 0 aromatic carbocycles. The van der Waals surface area contributed by atoms with E-state index in [9.17, 15) is 18.0 Å². The second-order valence-electron chi connectivity index (χ2n) is 2.80. The molecule has 0 saturated carbocycles. The third-order valence-corrected chi connectivity index (χ3v) is 2.39. The monoisotopic (exact) mass is 281 g/mol. The summed E-state index contributed by atoms with van der Waals surface area (Å²) in [7, 11) is 0. The summed E-state index contributed by atoms with van der Waals surface area (Å²) in [5.41, 5.74) is -1.50. The average molecular weight is 282 g/mol. The first-order valence-electron chi connectivity index (χ1n) is 3.73. The molecule has 0 saturated heterocycles. The van der Waals surface area contributed by atoms with Gasteiger partial charge in [-0.25, -0.2) is 4.98 Å². The maximum Gasteiger partial charge on any atom is 0.433 e. The van der Waals surface area contributed by atoms with Crippen LogP contribution < -0.4 is 5.56 Å². The van der Waals surface area contributed by atoms with Crippen molar-refractivity contribution >= 4 is 26.8 Å². The Morgan fingerprint density at radius 1 is 1.33 bits per heavy atom. The van der Waals surface area contributed by atoms with Crippen molar-refractivity contribution in [2.75, 3.05) is 0 Å². The Morgan fingerprint density at radius 2 is 2.00 bits per heavy atom. The molecule has 0 radical (unpaired) electrons. The molecule has 0 bridgehead atoms. The van der Waals surface area contributed by atoms with Gasteiger partial charge in [0.25, 0.3) is 5.56 Å². The number of aromatic nitrogens is 3. The zero-order chi connectivity index (χ0) is 11.2. The van der Waals surface area contributed by atoms with Crippen LogP contribution in [0.15, 0.2) is 15.5 Å². The predicted octanol–water partition coefficient (Wildman–Crippen LogP) is 2.03. The number of hydrogen-bond acceptors (Lipinski definition) is 2. The minimum atomic E-state index is -4.57. The number of halogens is 4. The van der Waals surface area contributed by atoms with Gasteiger partial charge in [-0.1, -0.05) is 0 Å². The van der Waals surface area contributed by atoms with Gasteiger partial charge in [-0.15, -0.1) is 0 Å². The van der Waals surface area contributed by atoms with Crippen LogP contribution in [0.5, 0.6) is 0 Å². The second kappa shape index (κ2) is 3.09. The first-order valence-corrected chi connectivity index (χ1v) is 4.53. The lowest BCUT2D eigenvalue weighted by atomic mass is 10.2. The lowest BCUT2D eigenvalue weighted by molar-refractivity contribution is -0.141. The van der Waals surface area contributed by atoms with Crippen molar-refractivity contribution in [1.82, 2.24) is 15.2 Å². The molecular formula is C7H3BrF3N3O. The van der Waals surface area contributed by atoms with Gasteiger partial charge < -0.3 is 0 Å². The fourth-order valence-corrected chi connectivity index (χ4v) is 1.65. The van der Waals surface area contributed by atoms with Gasteiger partial charge in [0, 0.05) is 0 Å². The highest BCUT2D eigenvalue weighted by Gasteiger charge is 2.33. The Kier molecular flexibility index (Phi) is 2.10. The SMILES string of the molecule is O=c1[nH][nH]c2c(Br)nc(C(F)(F)F)cc12. The van der Waals surface area contributed by atoms with Crippen molar-refractivity contribution < 1.29 is 13.2 Å². The number of rotatable bonds is 0. The molecule has 2 aromatic rings. The third kappa shape index (κ3) is 1.65. The normalized spacial score (nSPS) is 12.3. The van der Waals surface area contributed by atoms with Crippen molar-refractivity contribution in [3.8, 4) is 0 Å². The largest absolute Gasteiger partial charge is 0.433 e. The smallest absolute Gasteiger partial charge is 0.295 e. The molecule has 80 valence electrons. The highest BCUT2D eigenvalue weighted by Crippen LogP contribution is 2.30. The van der Waals surface area contributed by atoms with Gasteiger partial charge in [0.15, 0.2) is 0 Å². The van der Waals surface area contributed by atoms with Gasteiger partial charge in [0.05, 0.1) is 10.9 Å². The topological polar surface area (TPSA) is 61.5 Å². The van der Waals surface area contributed by atoms with E-state index in [0.717, 1.165) is 0 Å². The van der Waals surface area contributed by atoms with Gasteiger partial charge in [0.1, 0.15) is 10.3 Å². The third-order valence-electron chi connectivity index (χ3n) is 1.81. The van der Waals surface area contributed by atoms with E-state index in [1.54, 1.807) is 0 Å². The van der Waals surface area contributed by atoms with Crippen LogP contribution in [0.2, 0.25) is 0 Å². The van der Waals surface area contributed by atoms with Crippen LogP contribution >= 0.6 is 15.9 Å². The summed E-state index contributed by atoms with van der Waals surface area (Å²) in [6, 6.07) is 0.704. The molecule has 0 spiro atoms. The molecule has 0 atom stereocenters. The zero-order valence-corrected chi connectivity index (χ0v) is 8.53. The molecule has 0 amide bonds. The van der Waals surface area contributed by atoms with Gasteiger partial charge in [-0.2, -0.15) is 13.2 Å². The van der Waals surface area contributed by atoms with Crippen molar-refractivity contribution in [2.45, 2.75) is 6.18 Å². The first-order chi connectivity index (χ1) is 6.89. The number of alkyl halides is 3. The van der Waals surface area contributed by atoms with E-state index in [0.29, 0.717) is 6.07 Å². The summed E-state index contributed by atoms with van der Waals surface area (Å²) in [6.45, 7) is 0. The molecule has 0 aliphatic carbocycles. The van der Waals surface area contributed by atoms with Crippen LogP contribution in [0, 0.1) is 0 Å². The summed E-state index contributed by atoms with van der Waals surface area (Å²) in [5.74, 6) is 0. The van der Waals surface area contributed by atoms with E-state index in [1.807, 2.05) is 0 Å². The molecule has 2 N–H and O–H groups in total. The molecule has 0 aliphatic heterocycles. The van der Waals surface area contributed by atoms with Crippen molar-refractivity contribution in [3.63, 3.8) is 0 Å².